The van der Waals surface area contributed by atoms with E-state index >= 15 is 0 Å². The van der Waals surface area contributed by atoms with E-state index < -0.39 is 18.4 Å². The Morgan fingerprint density at radius 2 is 2.11 bits per heavy atom. The second-order valence-corrected chi connectivity index (χ2v) is 5.22. The summed E-state index contributed by atoms with van der Waals surface area (Å²) >= 11 is 11.9. The topological polar surface area (TPSA) is 80.4 Å². The molecule has 1 aromatic carbocycles. The van der Waals surface area contributed by atoms with Gasteiger partial charge in [-0.15, -0.1) is 5.10 Å². The first kappa shape index (κ1) is 13.1. The lowest BCUT2D eigenvalue weighted by Gasteiger charge is -2.12. The lowest BCUT2D eigenvalue weighted by molar-refractivity contribution is -0.0474. The highest BCUT2D eigenvalue weighted by Gasteiger charge is 2.35. The smallest absolute Gasteiger partial charge is 0.155 e. The molecule has 0 spiro atoms. The van der Waals surface area contributed by atoms with E-state index in [0.29, 0.717) is 27.5 Å². The molecule has 2 N–H and O–H groups in total. The first-order chi connectivity index (χ1) is 9.10. The molecule has 2 aromatic rings. The zero-order valence-corrected chi connectivity index (χ0v) is 11.2. The Morgan fingerprint density at radius 3 is 2.79 bits per heavy atom. The van der Waals surface area contributed by atoms with Crippen LogP contribution in [0.2, 0.25) is 10.0 Å². The van der Waals surface area contributed by atoms with E-state index in [4.69, 9.17) is 33.0 Å². The number of halogens is 2. The number of benzene rings is 1. The highest BCUT2D eigenvalue weighted by molar-refractivity contribution is 6.42. The molecule has 0 saturated carbocycles. The number of fused-ring (bicyclic) bond motifs is 1. The van der Waals surface area contributed by atoms with Gasteiger partial charge in [0.05, 0.1) is 28.3 Å². The minimum Gasteiger partial charge on any atom is -0.394 e. The second-order valence-electron chi connectivity index (χ2n) is 4.40. The van der Waals surface area contributed by atoms with E-state index in [2.05, 4.69) is 10.3 Å². The van der Waals surface area contributed by atoms with Gasteiger partial charge in [-0.2, -0.15) is 0 Å². The van der Waals surface area contributed by atoms with Crippen LogP contribution in [-0.2, 0) is 4.74 Å². The van der Waals surface area contributed by atoms with E-state index in [-0.39, 0.29) is 6.61 Å². The van der Waals surface area contributed by atoms with Crippen LogP contribution in [0.1, 0.15) is 12.6 Å². The SMILES string of the molecule is OC[C@H]1O[C@@H](n2nnc3cc(Cl)c(Cl)cc32)C[C@@H]1O. The average Bonchev–Trinajstić information content (AvgIpc) is 2.93. The predicted octanol–water partition coefficient (Wildman–Crippen LogP) is 1.38. The fraction of sp³-hybridized carbons (Fsp3) is 0.455. The van der Waals surface area contributed by atoms with E-state index in [1.807, 2.05) is 0 Å². The van der Waals surface area contributed by atoms with Crippen molar-refractivity contribution < 1.29 is 14.9 Å². The molecule has 1 saturated heterocycles. The van der Waals surface area contributed by atoms with Gasteiger partial charge in [-0.25, -0.2) is 4.68 Å². The van der Waals surface area contributed by atoms with E-state index in [0.717, 1.165) is 0 Å². The van der Waals surface area contributed by atoms with Gasteiger partial charge in [0.1, 0.15) is 11.6 Å². The van der Waals surface area contributed by atoms with Crippen molar-refractivity contribution in [2.24, 2.45) is 0 Å². The molecular formula is C11H11Cl2N3O3. The van der Waals surface area contributed by atoms with E-state index in [1.165, 1.54) is 4.68 Å². The summed E-state index contributed by atoms with van der Waals surface area (Å²) in [7, 11) is 0. The van der Waals surface area contributed by atoms with Gasteiger partial charge in [-0.3, -0.25) is 0 Å². The van der Waals surface area contributed by atoms with Crippen molar-refractivity contribution >= 4 is 34.2 Å². The number of hydrogen-bond acceptors (Lipinski definition) is 5. The molecule has 19 heavy (non-hydrogen) atoms. The third-order valence-electron chi connectivity index (χ3n) is 3.17. The minimum atomic E-state index is -0.725. The van der Waals surface area contributed by atoms with Crippen LogP contribution in [0.5, 0.6) is 0 Å². The molecule has 1 aromatic heterocycles. The molecule has 3 atom stereocenters. The maximum absolute atomic E-state index is 9.74. The van der Waals surface area contributed by atoms with Gasteiger partial charge in [0, 0.05) is 6.42 Å². The van der Waals surface area contributed by atoms with Crippen molar-refractivity contribution in [1.82, 2.24) is 15.0 Å². The maximum Gasteiger partial charge on any atom is 0.155 e. The van der Waals surface area contributed by atoms with E-state index in [1.54, 1.807) is 12.1 Å². The third kappa shape index (κ3) is 2.19. The third-order valence-corrected chi connectivity index (χ3v) is 3.89. The second kappa shape index (κ2) is 4.88. The molecule has 1 fully saturated rings. The Morgan fingerprint density at radius 1 is 1.37 bits per heavy atom. The van der Waals surface area contributed by atoms with Gasteiger partial charge in [-0.05, 0) is 12.1 Å². The van der Waals surface area contributed by atoms with Crippen molar-refractivity contribution in [2.75, 3.05) is 6.61 Å². The number of rotatable bonds is 2. The summed E-state index contributed by atoms with van der Waals surface area (Å²) in [5.41, 5.74) is 1.27. The number of hydrogen-bond donors (Lipinski definition) is 2. The maximum atomic E-state index is 9.74. The van der Waals surface area contributed by atoms with Crippen LogP contribution in [0.4, 0.5) is 0 Å². The Balaban J connectivity index is 2.00. The van der Waals surface area contributed by atoms with Crippen molar-refractivity contribution in [2.45, 2.75) is 24.9 Å². The van der Waals surface area contributed by atoms with Crippen LogP contribution < -0.4 is 0 Å². The summed E-state index contributed by atoms with van der Waals surface area (Å²) < 4.78 is 7.07. The molecule has 0 aliphatic carbocycles. The molecule has 0 bridgehead atoms. The Bertz CT molecular complexity index is 618. The summed E-state index contributed by atoms with van der Waals surface area (Å²) in [6.07, 6.45) is -1.47. The zero-order valence-electron chi connectivity index (χ0n) is 9.70. The highest BCUT2D eigenvalue weighted by Crippen LogP contribution is 2.32. The lowest BCUT2D eigenvalue weighted by Crippen LogP contribution is -2.24. The molecule has 0 unspecified atom stereocenters. The largest absolute Gasteiger partial charge is 0.394 e. The Hall–Kier alpha value is -0.920. The fourth-order valence-corrected chi connectivity index (χ4v) is 2.49. The normalized spacial score (nSPS) is 27.3. The van der Waals surface area contributed by atoms with Crippen LogP contribution in [0, 0.1) is 0 Å². The Kier molecular flexibility index (Phi) is 3.36. The van der Waals surface area contributed by atoms with Gasteiger partial charge in [0.15, 0.2) is 6.23 Å². The van der Waals surface area contributed by atoms with Crippen LogP contribution in [0.3, 0.4) is 0 Å². The first-order valence-electron chi connectivity index (χ1n) is 5.74. The number of aliphatic hydroxyl groups is 2. The Labute approximate surface area is 118 Å². The molecule has 8 heteroatoms. The first-order valence-corrected chi connectivity index (χ1v) is 6.50. The molecule has 0 radical (unpaired) electrons. The molecule has 3 rings (SSSR count). The average molecular weight is 304 g/mol. The molecule has 1 aliphatic heterocycles. The molecule has 1 aliphatic rings. The quantitative estimate of drug-likeness (QED) is 0.876. The highest BCUT2D eigenvalue weighted by atomic mass is 35.5. The standard InChI is InChI=1S/C11H11Cl2N3O3/c12-5-1-7-8(2-6(5)13)16(15-14-7)11-3-9(18)10(4-17)19-11/h1-2,9-11,17-18H,3-4H2/t9-,10+,11+/m0/s1. The summed E-state index contributed by atoms with van der Waals surface area (Å²) in [6.45, 7) is -0.239. The molecular weight excluding hydrogens is 293 g/mol. The van der Waals surface area contributed by atoms with Crippen LogP contribution in [0.25, 0.3) is 11.0 Å². The molecule has 6 nitrogen and oxygen atoms in total. The monoisotopic (exact) mass is 303 g/mol. The molecule has 2 heterocycles. The summed E-state index contributed by atoms with van der Waals surface area (Å²) in [5.74, 6) is 0. The van der Waals surface area contributed by atoms with Gasteiger partial charge >= 0.3 is 0 Å². The van der Waals surface area contributed by atoms with Crippen LogP contribution in [-0.4, -0.2) is 44.0 Å². The van der Waals surface area contributed by atoms with Crippen LogP contribution >= 0.6 is 23.2 Å². The van der Waals surface area contributed by atoms with E-state index in [9.17, 15) is 5.11 Å². The zero-order chi connectivity index (χ0) is 13.6. The minimum absolute atomic E-state index is 0.239. The number of aromatic nitrogens is 3. The summed E-state index contributed by atoms with van der Waals surface area (Å²) in [6, 6.07) is 3.28. The van der Waals surface area contributed by atoms with Gasteiger partial charge in [-0.1, -0.05) is 28.4 Å². The fourth-order valence-electron chi connectivity index (χ4n) is 2.18. The number of ether oxygens (including phenoxy) is 1. The molecule has 0 amide bonds. The van der Waals surface area contributed by atoms with Gasteiger partial charge in [0.2, 0.25) is 0 Å². The van der Waals surface area contributed by atoms with Crippen LogP contribution in [0.15, 0.2) is 12.1 Å². The van der Waals surface area contributed by atoms with Crippen molar-refractivity contribution in [3.63, 3.8) is 0 Å². The van der Waals surface area contributed by atoms with Gasteiger partial charge < -0.3 is 14.9 Å². The van der Waals surface area contributed by atoms with Gasteiger partial charge in [0.25, 0.3) is 0 Å². The molecule has 102 valence electrons. The lowest BCUT2D eigenvalue weighted by atomic mass is 10.2. The van der Waals surface area contributed by atoms with Crippen molar-refractivity contribution in [1.29, 1.82) is 0 Å². The number of nitrogens with zero attached hydrogens (tertiary/aromatic N) is 3. The van der Waals surface area contributed by atoms with Crippen molar-refractivity contribution in [3.8, 4) is 0 Å². The summed E-state index contributed by atoms with van der Waals surface area (Å²) in [5, 5.41) is 27.6. The number of aliphatic hydroxyl groups excluding tert-OH is 2. The predicted molar refractivity (Wildman–Crippen MR) is 69.2 cm³/mol. The van der Waals surface area contributed by atoms with Crippen molar-refractivity contribution in [3.05, 3.63) is 22.2 Å². The summed E-state index contributed by atoms with van der Waals surface area (Å²) in [4.78, 5) is 0.